The van der Waals surface area contributed by atoms with Crippen molar-refractivity contribution in [2.24, 2.45) is 5.92 Å². The smallest absolute Gasteiger partial charge is 0.326 e. The highest BCUT2D eigenvalue weighted by atomic mass is 19.1. The Morgan fingerprint density at radius 1 is 1.37 bits per heavy atom. The van der Waals surface area contributed by atoms with Crippen LogP contribution in [-0.2, 0) is 16.0 Å². The fourth-order valence-corrected chi connectivity index (χ4v) is 1.72. The minimum Gasteiger partial charge on any atom is -0.480 e. The number of hydrogen-bond donors (Lipinski definition) is 2. The second-order valence-electron chi connectivity index (χ2n) is 4.54. The van der Waals surface area contributed by atoms with Crippen LogP contribution in [0.1, 0.15) is 25.8 Å². The van der Waals surface area contributed by atoms with E-state index in [9.17, 15) is 14.0 Å². The van der Waals surface area contributed by atoms with Crippen LogP contribution in [0.2, 0.25) is 0 Å². The van der Waals surface area contributed by atoms with Crippen molar-refractivity contribution in [3.05, 3.63) is 35.6 Å². The molecule has 2 atom stereocenters. The third-order valence-electron chi connectivity index (χ3n) is 3.10. The Hall–Kier alpha value is -1.91. The Morgan fingerprint density at radius 2 is 2.00 bits per heavy atom. The lowest BCUT2D eigenvalue weighted by molar-refractivity contribution is -0.143. The number of halogens is 1. The first-order valence-corrected chi connectivity index (χ1v) is 6.21. The van der Waals surface area contributed by atoms with E-state index in [1.165, 1.54) is 18.2 Å². The minimum atomic E-state index is -1.07. The molecule has 0 aliphatic carbocycles. The molecule has 4 nitrogen and oxygen atoms in total. The van der Waals surface area contributed by atoms with Gasteiger partial charge in [0.1, 0.15) is 11.9 Å². The van der Waals surface area contributed by atoms with E-state index >= 15 is 0 Å². The maximum Gasteiger partial charge on any atom is 0.326 e. The monoisotopic (exact) mass is 267 g/mol. The number of nitrogens with one attached hydrogen (secondary N) is 1. The summed E-state index contributed by atoms with van der Waals surface area (Å²) in [7, 11) is 0. The van der Waals surface area contributed by atoms with Crippen LogP contribution in [0.4, 0.5) is 4.39 Å². The molecule has 0 heterocycles. The predicted octanol–water partition coefficient (Wildman–Crippen LogP) is 1.98. The van der Waals surface area contributed by atoms with E-state index in [1.54, 1.807) is 13.0 Å². The van der Waals surface area contributed by atoms with Crippen molar-refractivity contribution in [1.29, 1.82) is 0 Å². The molecular weight excluding hydrogens is 249 g/mol. The molecule has 104 valence electrons. The summed E-state index contributed by atoms with van der Waals surface area (Å²) in [5.74, 6) is -2.20. The van der Waals surface area contributed by atoms with Crippen LogP contribution in [0.25, 0.3) is 0 Å². The quantitative estimate of drug-likeness (QED) is 0.828. The summed E-state index contributed by atoms with van der Waals surface area (Å²) in [6, 6.07) is 5.01. The number of carbonyl (C=O) groups excluding carboxylic acids is 1. The number of carbonyl (C=O) groups is 2. The van der Waals surface area contributed by atoms with Crippen molar-refractivity contribution < 1.29 is 19.1 Å². The van der Waals surface area contributed by atoms with Crippen LogP contribution in [-0.4, -0.2) is 23.0 Å². The van der Waals surface area contributed by atoms with Crippen molar-refractivity contribution in [2.75, 3.05) is 0 Å². The fourth-order valence-electron chi connectivity index (χ4n) is 1.72. The predicted molar refractivity (Wildman–Crippen MR) is 69.1 cm³/mol. The Labute approximate surface area is 111 Å². The summed E-state index contributed by atoms with van der Waals surface area (Å²) in [6.07, 6.45) is 0.476. The molecule has 1 aromatic rings. The van der Waals surface area contributed by atoms with Gasteiger partial charge in [0.2, 0.25) is 5.91 Å². The maximum absolute atomic E-state index is 13.4. The molecule has 1 aromatic carbocycles. The lowest BCUT2D eigenvalue weighted by Gasteiger charge is -2.20. The third kappa shape index (κ3) is 4.35. The molecular formula is C14H18FNO3. The van der Waals surface area contributed by atoms with Gasteiger partial charge in [-0.25, -0.2) is 9.18 Å². The molecule has 0 spiro atoms. The standard InChI is InChI=1S/C14H18FNO3/c1-3-9(2)13(14(18)19)16-12(17)8-10-6-4-5-7-11(10)15/h4-7,9,13H,3,8H2,1-2H3,(H,16,17)(H,18,19). The SMILES string of the molecule is CCC(C)C(NC(=O)Cc1ccccc1F)C(=O)O. The maximum atomic E-state index is 13.4. The van der Waals surface area contributed by atoms with Gasteiger partial charge in [-0.1, -0.05) is 38.5 Å². The number of rotatable bonds is 6. The first kappa shape index (κ1) is 15.1. The van der Waals surface area contributed by atoms with Crippen molar-refractivity contribution in [2.45, 2.75) is 32.7 Å². The summed E-state index contributed by atoms with van der Waals surface area (Å²) < 4.78 is 13.4. The number of aliphatic carboxylic acids is 1. The molecule has 0 radical (unpaired) electrons. The molecule has 0 saturated heterocycles. The van der Waals surface area contributed by atoms with Gasteiger partial charge in [0.05, 0.1) is 6.42 Å². The largest absolute Gasteiger partial charge is 0.480 e. The lowest BCUT2D eigenvalue weighted by atomic mass is 9.99. The molecule has 19 heavy (non-hydrogen) atoms. The summed E-state index contributed by atoms with van der Waals surface area (Å²) in [6.45, 7) is 3.60. The van der Waals surface area contributed by atoms with Gasteiger partial charge in [-0.3, -0.25) is 4.79 Å². The zero-order valence-electron chi connectivity index (χ0n) is 11.0. The molecule has 5 heteroatoms. The van der Waals surface area contributed by atoms with Crippen molar-refractivity contribution in [1.82, 2.24) is 5.32 Å². The summed E-state index contributed by atoms with van der Waals surface area (Å²) >= 11 is 0. The van der Waals surface area contributed by atoms with Gasteiger partial charge in [0, 0.05) is 0 Å². The molecule has 1 rings (SSSR count). The Balaban J connectivity index is 2.68. The zero-order chi connectivity index (χ0) is 14.4. The average Bonchev–Trinajstić information content (AvgIpc) is 2.37. The lowest BCUT2D eigenvalue weighted by Crippen LogP contribution is -2.45. The molecule has 2 unspecified atom stereocenters. The molecule has 0 fully saturated rings. The Bertz CT molecular complexity index is 462. The van der Waals surface area contributed by atoms with E-state index in [2.05, 4.69) is 5.32 Å². The van der Waals surface area contributed by atoms with Crippen LogP contribution in [0.3, 0.4) is 0 Å². The molecule has 0 saturated carbocycles. The Kier molecular flexibility index (Phi) is 5.48. The number of carboxylic acid groups (broad SMARTS) is 1. The summed E-state index contributed by atoms with van der Waals surface area (Å²) in [5, 5.41) is 11.5. The molecule has 0 bridgehead atoms. The molecule has 0 aromatic heterocycles. The van der Waals surface area contributed by atoms with E-state index in [0.29, 0.717) is 6.42 Å². The third-order valence-corrected chi connectivity index (χ3v) is 3.10. The van der Waals surface area contributed by atoms with E-state index in [0.717, 1.165) is 0 Å². The van der Waals surface area contributed by atoms with E-state index in [-0.39, 0.29) is 17.9 Å². The zero-order valence-corrected chi connectivity index (χ0v) is 11.0. The molecule has 2 N–H and O–H groups in total. The van der Waals surface area contributed by atoms with Gasteiger partial charge in [-0.15, -0.1) is 0 Å². The van der Waals surface area contributed by atoms with Gasteiger partial charge in [-0.2, -0.15) is 0 Å². The van der Waals surface area contributed by atoms with E-state index < -0.39 is 23.7 Å². The minimum absolute atomic E-state index is 0.160. The van der Waals surface area contributed by atoms with Crippen LogP contribution in [0.15, 0.2) is 24.3 Å². The topological polar surface area (TPSA) is 66.4 Å². The van der Waals surface area contributed by atoms with Gasteiger partial charge in [-0.05, 0) is 17.5 Å². The second-order valence-corrected chi connectivity index (χ2v) is 4.54. The summed E-state index contributed by atoms with van der Waals surface area (Å²) in [5.41, 5.74) is 0.258. The van der Waals surface area contributed by atoms with Crippen LogP contribution in [0.5, 0.6) is 0 Å². The highest BCUT2D eigenvalue weighted by Crippen LogP contribution is 2.10. The molecule has 1 amide bonds. The first-order valence-electron chi connectivity index (χ1n) is 6.21. The van der Waals surface area contributed by atoms with Crippen molar-refractivity contribution >= 4 is 11.9 Å². The molecule has 0 aliphatic rings. The normalized spacial score (nSPS) is 13.6. The second kappa shape index (κ2) is 6.87. The fraction of sp³-hybridized carbons (Fsp3) is 0.429. The van der Waals surface area contributed by atoms with Gasteiger partial charge in [0.15, 0.2) is 0 Å². The highest BCUT2D eigenvalue weighted by Gasteiger charge is 2.25. The van der Waals surface area contributed by atoms with Gasteiger partial charge in [0.25, 0.3) is 0 Å². The van der Waals surface area contributed by atoms with E-state index in [4.69, 9.17) is 5.11 Å². The van der Waals surface area contributed by atoms with E-state index in [1.807, 2.05) is 6.92 Å². The van der Waals surface area contributed by atoms with Crippen LogP contribution < -0.4 is 5.32 Å². The average molecular weight is 267 g/mol. The van der Waals surface area contributed by atoms with Crippen LogP contribution >= 0.6 is 0 Å². The number of carboxylic acids is 1. The van der Waals surface area contributed by atoms with Crippen LogP contribution in [0, 0.1) is 11.7 Å². The van der Waals surface area contributed by atoms with Crippen molar-refractivity contribution in [3.8, 4) is 0 Å². The van der Waals surface area contributed by atoms with Gasteiger partial charge >= 0.3 is 5.97 Å². The van der Waals surface area contributed by atoms with Gasteiger partial charge < -0.3 is 10.4 Å². The Morgan fingerprint density at radius 3 is 2.53 bits per heavy atom. The highest BCUT2D eigenvalue weighted by molar-refractivity contribution is 5.85. The number of benzene rings is 1. The van der Waals surface area contributed by atoms with Crippen molar-refractivity contribution in [3.63, 3.8) is 0 Å². The number of amides is 1. The number of hydrogen-bond acceptors (Lipinski definition) is 2. The molecule has 0 aliphatic heterocycles. The summed E-state index contributed by atoms with van der Waals surface area (Å²) in [4.78, 5) is 22.8. The first-order chi connectivity index (χ1) is 8.95.